The molecule has 2 amide bonds. The summed E-state index contributed by atoms with van der Waals surface area (Å²) in [5, 5.41) is 16.2. The molecule has 2 N–H and O–H groups in total. The monoisotopic (exact) mass is 357 g/mol. The third-order valence-electron chi connectivity index (χ3n) is 4.25. The van der Waals surface area contributed by atoms with Gasteiger partial charge < -0.3 is 10.6 Å². The number of carbonyl (C=O) groups excluding carboxylic acids is 2. The molecular weight excluding hydrogens is 338 g/mol. The molecule has 0 unspecified atom stereocenters. The number of nitrogens with one attached hydrogen (secondary N) is 2. The second kappa shape index (κ2) is 8.63. The van der Waals surface area contributed by atoms with Gasteiger partial charge in [0.2, 0.25) is 5.91 Å². The Kier molecular flexibility index (Phi) is 5.80. The summed E-state index contributed by atoms with van der Waals surface area (Å²) in [6, 6.07) is 23.8. The highest BCUT2D eigenvalue weighted by Crippen LogP contribution is 2.17. The minimum Gasteiger partial charge on any atom is -0.341 e. The van der Waals surface area contributed by atoms with Crippen LogP contribution in [0, 0.1) is 11.3 Å². The number of nitriles is 1. The molecule has 1 atom stereocenters. The summed E-state index contributed by atoms with van der Waals surface area (Å²) in [6.45, 7) is -0.103. The van der Waals surface area contributed by atoms with Crippen LogP contribution in [0.1, 0.15) is 15.9 Å². The fourth-order valence-electron chi connectivity index (χ4n) is 2.89. The average molecular weight is 357 g/mol. The fraction of sp³-hybridized carbons (Fsp3) is 0.136. The molecule has 0 saturated heterocycles. The van der Waals surface area contributed by atoms with E-state index in [0.29, 0.717) is 12.0 Å². The van der Waals surface area contributed by atoms with Crippen molar-refractivity contribution in [3.63, 3.8) is 0 Å². The summed E-state index contributed by atoms with van der Waals surface area (Å²) in [6.07, 6.45) is 0.334. The van der Waals surface area contributed by atoms with Crippen LogP contribution in [0.2, 0.25) is 0 Å². The van der Waals surface area contributed by atoms with Gasteiger partial charge in [-0.05, 0) is 28.5 Å². The van der Waals surface area contributed by atoms with Crippen molar-refractivity contribution in [3.05, 3.63) is 83.9 Å². The van der Waals surface area contributed by atoms with E-state index in [9.17, 15) is 9.59 Å². The lowest BCUT2D eigenvalue weighted by Gasteiger charge is -2.18. The van der Waals surface area contributed by atoms with Crippen LogP contribution in [0.5, 0.6) is 0 Å². The Labute approximate surface area is 157 Å². The minimum absolute atomic E-state index is 0.103. The van der Waals surface area contributed by atoms with E-state index in [1.165, 1.54) is 0 Å². The fourth-order valence-corrected chi connectivity index (χ4v) is 2.89. The van der Waals surface area contributed by atoms with Crippen molar-refractivity contribution in [2.45, 2.75) is 12.5 Å². The number of nitrogens with zero attached hydrogens (tertiary/aromatic N) is 1. The predicted octanol–water partition coefficient (Wildman–Crippen LogP) is 2.82. The highest BCUT2D eigenvalue weighted by molar-refractivity contribution is 5.97. The van der Waals surface area contributed by atoms with Crippen LogP contribution in [0.4, 0.5) is 0 Å². The van der Waals surface area contributed by atoms with E-state index < -0.39 is 6.04 Å². The molecule has 0 aromatic heterocycles. The van der Waals surface area contributed by atoms with Crippen LogP contribution in [0.25, 0.3) is 10.8 Å². The first-order valence-electron chi connectivity index (χ1n) is 8.65. The molecule has 0 radical (unpaired) electrons. The second-order valence-electron chi connectivity index (χ2n) is 6.15. The van der Waals surface area contributed by atoms with Gasteiger partial charge in [-0.2, -0.15) is 5.26 Å². The Morgan fingerprint density at radius 3 is 2.37 bits per heavy atom. The van der Waals surface area contributed by atoms with Crippen molar-refractivity contribution in [1.82, 2.24) is 10.6 Å². The van der Waals surface area contributed by atoms with Gasteiger partial charge in [0.05, 0.1) is 6.07 Å². The molecule has 3 aromatic carbocycles. The van der Waals surface area contributed by atoms with Gasteiger partial charge in [0.15, 0.2) is 0 Å². The first kappa shape index (κ1) is 18.2. The molecule has 0 aliphatic rings. The molecule has 0 heterocycles. The number of carbonyl (C=O) groups is 2. The lowest BCUT2D eigenvalue weighted by atomic mass is 10.0. The van der Waals surface area contributed by atoms with Crippen LogP contribution in [0.3, 0.4) is 0 Å². The van der Waals surface area contributed by atoms with Crippen LogP contribution >= 0.6 is 0 Å². The zero-order valence-electron chi connectivity index (χ0n) is 14.7. The number of rotatable bonds is 6. The average Bonchev–Trinajstić information content (AvgIpc) is 2.72. The van der Waals surface area contributed by atoms with Crippen molar-refractivity contribution in [1.29, 1.82) is 5.26 Å². The van der Waals surface area contributed by atoms with E-state index in [1.807, 2.05) is 54.6 Å². The van der Waals surface area contributed by atoms with E-state index in [1.54, 1.807) is 24.3 Å². The third kappa shape index (κ3) is 4.71. The highest BCUT2D eigenvalue weighted by Gasteiger charge is 2.21. The maximum atomic E-state index is 12.5. The summed E-state index contributed by atoms with van der Waals surface area (Å²) in [5.41, 5.74) is 1.41. The third-order valence-corrected chi connectivity index (χ3v) is 4.25. The van der Waals surface area contributed by atoms with Gasteiger partial charge in [0.1, 0.15) is 12.6 Å². The molecule has 3 aromatic rings. The molecular formula is C22H19N3O2. The Balaban J connectivity index is 1.81. The Morgan fingerprint density at radius 1 is 0.926 bits per heavy atom. The summed E-state index contributed by atoms with van der Waals surface area (Å²) < 4.78 is 0. The van der Waals surface area contributed by atoms with E-state index >= 15 is 0 Å². The van der Waals surface area contributed by atoms with E-state index in [4.69, 9.17) is 5.26 Å². The van der Waals surface area contributed by atoms with Gasteiger partial charge in [-0.3, -0.25) is 9.59 Å². The first-order chi connectivity index (χ1) is 13.2. The summed E-state index contributed by atoms with van der Waals surface area (Å²) >= 11 is 0. The largest absolute Gasteiger partial charge is 0.341 e. The summed E-state index contributed by atoms with van der Waals surface area (Å²) in [5.74, 6) is -0.706. The van der Waals surface area contributed by atoms with E-state index in [0.717, 1.165) is 16.3 Å². The van der Waals surface area contributed by atoms with Gasteiger partial charge in [-0.15, -0.1) is 0 Å². The molecule has 3 rings (SSSR count). The van der Waals surface area contributed by atoms with Crippen LogP contribution < -0.4 is 10.6 Å². The maximum Gasteiger partial charge on any atom is 0.251 e. The Morgan fingerprint density at radius 2 is 1.63 bits per heavy atom. The van der Waals surface area contributed by atoms with Crippen LogP contribution in [-0.4, -0.2) is 24.4 Å². The number of hydrogen-bond donors (Lipinski definition) is 2. The van der Waals surface area contributed by atoms with Crippen LogP contribution in [-0.2, 0) is 11.2 Å². The number of amides is 2. The molecule has 0 fully saturated rings. The van der Waals surface area contributed by atoms with Crippen molar-refractivity contribution < 1.29 is 9.59 Å². The van der Waals surface area contributed by atoms with Crippen molar-refractivity contribution in [2.24, 2.45) is 0 Å². The van der Waals surface area contributed by atoms with Crippen molar-refractivity contribution >= 4 is 22.6 Å². The normalized spacial score (nSPS) is 11.4. The maximum absolute atomic E-state index is 12.5. The van der Waals surface area contributed by atoms with Gasteiger partial charge in [-0.1, -0.05) is 60.7 Å². The molecule has 0 aliphatic carbocycles. The first-order valence-corrected chi connectivity index (χ1v) is 8.65. The van der Waals surface area contributed by atoms with Gasteiger partial charge in [-0.25, -0.2) is 0 Å². The molecule has 134 valence electrons. The summed E-state index contributed by atoms with van der Waals surface area (Å²) in [4.78, 5) is 24.9. The van der Waals surface area contributed by atoms with Crippen LogP contribution in [0.15, 0.2) is 72.8 Å². The quantitative estimate of drug-likeness (QED) is 0.666. The van der Waals surface area contributed by atoms with Crippen molar-refractivity contribution in [2.75, 3.05) is 6.54 Å². The summed E-state index contributed by atoms with van der Waals surface area (Å²) in [7, 11) is 0. The number of benzene rings is 3. The molecule has 27 heavy (non-hydrogen) atoms. The van der Waals surface area contributed by atoms with Gasteiger partial charge in [0.25, 0.3) is 5.91 Å². The zero-order valence-corrected chi connectivity index (χ0v) is 14.7. The molecule has 0 spiro atoms. The minimum atomic E-state index is -0.771. The molecule has 0 bridgehead atoms. The number of hydrogen-bond acceptors (Lipinski definition) is 3. The standard InChI is InChI=1S/C22H19N3O2/c23-12-13-24-22(27)20(25-21(26)18-7-2-1-3-8-18)15-16-10-11-17-6-4-5-9-19(17)14-16/h1-11,14,20H,13,15H2,(H,24,27)(H,25,26)/t20-/m0/s1. The van der Waals surface area contributed by atoms with Crippen molar-refractivity contribution in [3.8, 4) is 6.07 Å². The van der Waals surface area contributed by atoms with Gasteiger partial charge >= 0.3 is 0 Å². The second-order valence-corrected chi connectivity index (χ2v) is 6.15. The molecule has 5 heteroatoms. The number of fused-ring (bicyclic) bond motifs is 1. The SMILES string of the molecule is N#CCNC(=O)[C@H](Cc1ccc2ccccc2c1)NC(=O)c1ccccc1. The van der Waals surface area contributed by atoms with E-state index in [2.05, 4.69) is 10.6 Å². The Hall–Kier alpha value is -3.65. The lowest BCUT2D eigenvalue weighted by molar-refractivity contribution is -0.122. The Bertz CT molecular complexity index is 993. The zero-order chi connectivity index (χ0) is 19.1. The predicted molar refractivity (Wildman–Crippen MR) is 104 cm³/mol. The molecule has 0 saturated carbocycles. The molecule has 0 aliphatic heterocycles. The van der Waals surface area contributed by atoms with Gasteiger partial charge in [0, 0.05) is 12.0 Å². The topological polar surface area (TPSA) is 82.0 Å². The highest BCUT2D eigenvalue weighted by atomic mass is 16.2. The molecule has 5 nitrogen and oxygen atoms in total. The lowest BCUT2D eigenvalue weighted by Crippen LogP contribution is -2.48. The smallest absolute Gasteiger partial charge is 0.251 e. The van der Waals surface area contributed by atoms with E-state index in [-0.39, 0.29) is 18.4 Å².